The zero-order chi connectivity index (χ0) is 76.6. The molecule has 0 aliphatic carbocycles. The molecule has 8 heterocycles. The van der Waals surface area contributed by atoms with Gasteiger partial charge in [-0.1, -0.05) is 123 Å². The van der Waals surface area contributed by atoms with Crippen LogP contribution in [0.5, 0.6) is 11.6 Å². The van der Waals surface area contributed by atoms with Crippen molar-refractivity contribution in [2.24, 2.45) is 0 Å². The lowest BCUT2D eigenvalue weighted by atomic mass is 10.1. The first-order chi connectivity index (χ1) is 49.1. The van der Waals surface area contributed by atoms with Gasteiger partial charge in [0.1, 0.15) is 33.8 Å². The van der Waals surface area contributed by atoms with Gasteiger partial charge >= 0.3 is 29.8 Å². The van der Waals surface area contributed by atoms with Gasteiger partial charge in [-0.3, -0.25) is 9.17 Å². The van der Waals surface area contributed by atoms with Crippen molar-refractivity contribution in [1.29, 1.82) is 0 Å². The molecular formula is C68H68Cl4N10O16S5. The summed E-state index contributed by atoms with van der Waals surface area (Å²) in [5, 5.41) is 20.9. The van der Waals surface area contributed by atoms with Crippen LogP contribution >= 0.6 is 104 Å². The Labute approximate surface area is 632 Å². The molecule has 35 heteroatoms. The third-order valence-electron chi connectivity index (χ3n) is 13.2. The van der Waals surface area contributed by atoms with Crippen LogP contribution in [0.15, 0.2) is 97.2 Å². The molecule has 544 valence electrons. The first-order valence-corrected chi connectivity index (χ1v) is 35.4. The number of nitrogens with zero attached hydrogens (tertiary/aromatic N) is 9. The van der Waals surface area contributed by atoms with Crippen LogP contribution in [-0.4, -0.2) is 113 Å². The number of H-pyrrole nitrogens is 1. The van der Waals surface area contributed by atoms with E-state index in [-0.39, 0.29) is 60.5 Å². The van der Waals surface area contributed by atoms with Gasteiger partial charge in [0, 0.05) is 47.6 Å². The summed E-state index contributed by atoms with van der Waals surface area (Å²) in [6, 6.07) is 23.9. The fourth-order valence-electron chi connectivity index (χ4n) is 7.42. The lowest BCUT2D eigenvalue weighted by Gasteiger charge is -2.07. The monoisotopic (exact) mass is 1580 g/mol. The zero-order valence-corrected chi connectivity index (χ0v) is 65.1. The highest BCUT2D eigenvalue weighted by Crippen LogP contribution is 2.40. The van der Waals surface area contributed by atoms with Gasteiger partial charge in [0.2, 0.25) is 5.69 Å². The van der Waals surface area contributed by atoms with Crippen molar-refractivity contribution in [3.63, 3.8) is 0 Å². The lowest BCUT2D eigenvalue weighted by molar-refractivity contribution is 0.0507. The molecule has 0 aliphatic heterocycles. The molecule has 0 amide bonds. The summed E-state index contributed by atoms with van der Waals surface area (Å²) >= 11 is 30.0. The topological polar surface area (TPSA) is 332 Å². The number of carbonyl (C=O) groups is 5. The van der Waals surface area contributed by atoms with E-state index in [0.717, 1.165) is 70.4 Å². The Morgan fingerprint density at radius 1 is 0.534 bits per heavy atom. The first-order valence-electron chi connectivity index (χ1n) is 30.0. The van der Waals surface area contributed by atoms with E-state index in [9.17, 15) is 28.8 Å². The van der Waals surface area contributed by atoms with E-state index < -0.39 is 29.8 Å². The molecule has 0 radical (unpaired) electrons. The average Bonchev–Trinajstić information content (AvgIpc) is 1.78. The second kappa shape index (κ2) is 43.4. The second-order valence-corrected chi connectivity index (χ2v) is 26.3. The van der Waals surface area contributed by atoms with E-state index in [0.29, 0.717) is 64.9 Å². The van der Waals surface area contributed by atoms with E-state index in [4.69, 9.17) is 87.9 Å². The zero-order valence-electron chi connectivity index (χ0n) is 58.0. The third kappa shape index (κ3) is 24.9. The molecule has 0 bridgehead atoms. The summed E-state index contributed by atoms with van der Waals surface area (Å²) in [5.41, 5.74) is 8.63. The standard InChI is InChI=1S/C17H12ClNO2S.C11H7ClN2S.C9H13NO5.C8H8N2O3.2C6H6ClNO2S.C6H9NO.C5H7NOS/c1-11-15(17(20)21-12-7-3-2-4-8-12)16(22-19-11)13-9-5-6-10-14(13)18;1-7-10(13-2)11(15-14-7)8-5-3-4-6-9(8)12;1-3-13-9(12)7-6(2)15-10-8(7)14-5-4-11;1-4-12-8(11)7-6(9-3)5(2)13-10-7;1-3-4(7)5(8-11-3)6(9)10-2;1-3-4(6(9)10-2)8-11-5(3)7;1-4-5(2)7-8-6(4)3;1-3-4(2)8-6-5(3)7/h2-10H,1H3;3-6H,1H3;11H,3-5H2,1-2H3;4H2,1-2H3;2*1-2H3;1-3H3;1-2H3,(H,6,7). The molecule has 0 fully saturated rings. The Hall–Kier alpha value is -9.51. The Balaban J connectivity index is 0.000000255. The molecule has 26 nitrogen and oxygen atoms in total. The predicted octanol–water partition coefficient (Wildman–Crippen LogP) is 18.0. The number of benzene rings is 3. The predicted molar refractivity (Wildman–Crippen MR) is 397 cm³/mol. The second-order valence-electron chi connectivity index (χ2n) is 20.1. The third-order valence-corrected chi connectivity index (χ3v) is 19.3. The summed E-state index contributed by atoms with van der Waals surface area (Å²) < 4.78 is 62.4. The van der Waals surface area contributed by atoms with Crippen LogP contribution in [0, 0.1) is 89.3 Å². The summed E-state index contributed by atoms with van der Waals surface area (Å²) in [6.45, 7) is 37.6. The number of nitrogens with one attached hydrogen (secondary N) is 1. The van der Waals surface area contributed by atoms with Crippen molar-refractivity contribution in [1.82, 2.24) is 37.3 Å². The maximum absolute atomic E-state index is 12.5. The van der Waals surface area contributed by atoms with E-state index >= 15 is 0 Å². The number of esters is 5. The van der Waals surface area contributed by atoms with Gasteiger partial charge in [-0.25, -0.2) is 38.0 Å². The Morgan fingerprint density at radius 2 is 1.07 bits per heavy atom. The van der Waals surface area contributed by atoms with E-state index in [1.165, 1.54) is 60.3 Å². The molecule has 103 heavy (non-hydrogen) atoms. The van der Waals surface area contributed by atoms with Gasteiger partial charge < -0.3 is 47.1 Å². The van der Waals surface area contributed by atoms with Crippen molar-refractivity contribution in [3.8, 4) is 32.5 Å². The van der Waals surface area contributed by atoms with Gasteiger partial charge in [0.25, 0.3) is 17.1 Å². The van der Waals surface area contributed by atoms with Crippen LogP contribution < -0.4 is 15.0 Å². The fraction of sp³-hybridized carbons (Fsp3) is 0.279. The van der Waals surface area contributed by atoms with Crippen molar-refractivity contribution < 1.29 is 71.1 Å². The first kappa shape index (κ1) is 85.9. The lowest BCUT2D eigenvalue weighted by Crippen LogP contribution is -2.10. The minimum Gasteiger partial charge on any atom is -0.472 e. The van der Waals surface area contributed by atoms with Gasteiger partial charge in [0.05, 0.1) is 79.0 Å². The van der Waals surface area contributed by atoms with Gasteiger partial charge in [-0.05, 0) is 166 Å². The number of aliphatic hydroxyl groups excluding tert-OH is 1. The molecule has 0 saturated carbocycles. The smallest absolute Gasteiger partial charge is 0.359 e. The van der Waals surface area contributed by atoms with Gasteiger partial charge in [-0.2, -0.15) is 13.1 Å². The van der Waals surface area contributed by atoms with Crippen LogP contribution in [0.25, 0.3) is 30.6 Å². The van der Waals surface area contributed by atoms with Crippen LogP contribution in [0.1, 0.15) is 127 Å². The number of ether oxygens (including phenoxy) is 6. The summed E-state index contributed by atoms with van der Waals surface area (Å²) in [6.07, 6.45) is 0. The Morgan fingerprint density at radius 3 is 1.53 bits per heavy atom. The summed E-state index contributed by atoms with van der Waals surface area (Å²) in [7, 11) is 2.61. The molecule has 0 spiro atoms. The number of carbonyl (C=O) groups excluding carboxylic acids is 5. The number of rotatable bonds is 13. The SMILES string of the molecule is CCOC(=O)c1c(OCCO)noc1C.COC(=O)c1nsc(C)c1Cl.COC(=O)c1nsc(Cl)c1C.Cc1noc(C)c1C.Cc1nsc(-c2ccccc2Cl)c1C(=O)Oc1ccccc1.Cc1s[nH]c(=O)c1C.[C-]#[N+]c1c(C(=O)OCC)noc1C.[C-]#[N+]c1c(C)nsc1-c1ccccc1Cl. The van der Waals surface area contributed by atoms with Gasteiger partial charge in [-0.15, -0.1) is 0 Å². The number of aromatic amines is 1. The molecule has 0 saturated heterocycles. The summed E-state index contributed by atoms with van der Waals surface area (Å²) in [5.74, 6) is -0.364. The minimum atomic E-state index is -0.620. The van der Waals surface area contributed by atoms with Crippen LogP contribution in [0.2, 0.25) is 19.4 Å². The number of para-hydroxylation sites is 1. The van der Waals surface area contributed by atoms with Crippen LogP contribution in [-0.2, 0) is 18.9 Å². The van der Waals surface area contributed by atoms with E-state index in [1.807, 2.05) is 102 Å². The van der Waals surface area contributed by atoms with Crippen molar-refractivity contribution in [2.45, 2.75) is 90.0 Å². The maximum Gasteiger partial charge on any atom is 0.359 e. The number of methoxy groups -OCH3 is 2. The van der Waals surface area contributed by atoms with E-state index in [2.05, 4.69) is 65.8 Å². The number of hydrogen-bond donors (Lipinski definition) is 2. The van der Waals surface area contributed by atoms with Gasteiger partial charge in [0.15, 0.2) is 28.4 Å². The molecule has 8 aromatic heterocycles. The number of aliphatic hydroxyl groups is 1. The fourth-order valence-corrected chi connectivity index (χ4v) is 12.1. The number of aryl methyl sites for hydroxylation is 8. The quantitative estimate of drug-likeness (QED) is 0.0468. The van der Waals surface area contributed by atoms with Crippen molar-refractivity contribution >= 4 is 145 Å². The average molecular weight is 1580 g/mol. The minimum absolute atomic E-state index is 0.0469. The number of halogens is 4. The molecule has 0 atom stereocenters. The molecular weight excluding hydrogens is 1510 g/mol. The molecule has 0 unspecified atom stereocenters. The molecule has 11 rings (SSSR count). The summed E-state index contributed by atoms with van der Waals surface area (Å²) in [4.78, 5) is 77.6. The number of hydrogen-bond acceptors (Lipinski definition) is 28. The van der Waals surface area contributed by atoms with Crippen LogP contribution in [0.3, 0.4) is 0 Å². The maximum atomic E-state index is 12.5. The van der Waals surface area contributed by atoms with Crippen molar-refractivity contribution in [2.75, 3.05) is 40.6 Å². The Kier molecular flexibility index (Phi) is 36.2. The molecule has 3 aromatic carbocycles. The Bertz CT molecular complexity index is 4690. The highest BCUT2D eigenvalue weighted by atomic mass is 35.5. The largest absolute Gasteiger partial charge is 0.472 e. The van der Waals surface area contributed by atoms with E-state index in [1.54, 1.807) is 66.7 Å². The van der Waals surface area contributed by atoms with Crippen molar-refractivity contribution in [3.05, 3.63) is 220 Å². The highest BCUT2D eigenvalue weighted by molar-refractivity contribution is 7.11. The normalized spacial score (nSPS) is 9.92. The highest BCUT2D eigenvalue weighted by Gasteiger charge is 2.26. The molecule has 11 aromatic rings. The molecule has 2 N–H and O–H groups in total. The number of aromatic nitrogens is 8. The molecule has 0 aliphatic rings. The van der Waals surface area contributed by atoms with Crippen LogP contribution in [0.4, 0.5) is 11.4 Å².